The smallest absolute Gasteiger partial charge is 0.226 e. The molecule has 148 valence electrons. The van der Waals surface area contributed by atoms with E-state index in [-0.39, 0.29) is 11.7 Å². The fraction of sp³-hybridized carbons (Fsp3) is 0.368. The normalized spacial score (nSPS) is 10.8. The zero-order chi connectivity index (χ0) is 19.9. The van der Waals surface area contributed by atoms with Crippen LogP contribution in [0.25, 0.3) is 11.3 Å². The Morgan fingerprint density at radius 1 is 1.32 bits per heavy atom. The van der Waals surface area contributed by atoms with E-state index >= 15 is 0 Å². The van der Waals surface area contributed by atoms with Crippen molar-refractivity contribution in [2.45, 2.75) is 39.0 Å². The summed E-state index contributed by atoms with van der Waals surface area (Å²) in [6.45, 7) is 2.05. The van der Waals surface area contributed by atoms with Gasteiger partial charge in [-0.05, 0) is 31.0 Å². The minimum Gasteiger partial charge on any atom is -0.496 e. The number of amides is 1. The zero-order valence-corrected chi connectivity index (χ0v) is 16.5. The van der Waals surface area contributed by atoms with Crippen LogP contribution in [0.3, 0.4) is 0 Å². The Morgan fingerprint density at radius 2 is 2.18 bits per heavy atom. The Balaban J connectivity index is 1.53. The van der Waals surface area contributed by atoms with Gasteiger partial charge >= 0.3 is 0 Å². The molecule has 2 heterocycles. The lowest BCUT2D eigenvalue weighted by molar-refractivity contribution is -0.116. The molecule has 1 N–H and O–H groups in total. The number of aromatic nitrogens is 3. The van der Waals surface area contributed by atoms with Crippen LogP contribution in [0.1, 0.15) is 37.9 Å². The number of anilines is 1. The van der Waals surface area contributed by atoms with Gasteiger partial charge in [-0.3, -0.25) is 4.79 Å². The average molecular weight is 404 g/mol. The number of nitrogens with zero attached hydrogens (tertiary/aromatic N) is 3. The molecule has 0 spiro atoms. The molecule has 1 aromatic carbocycles. The van der Waals surface area contributed by atoms with Gasteiger partial charge in [-0.2, -0.15) is 4.98 Å². The molecule has 0 fully saturated rings. The van der Waals surface area contributed by atoms with Crippen LogP contribution in [0.2, 0.25) is 0 Å². The summed E-state index contributed by atoms with van der Waals surface area (Å²) in [5.41, 5.74) is 1.09. The van der Waals surface area contributed by atoms with Crippen LogP contribution in [-0.4, -0.2) is 28.1 Å². The summed E-state index contributed by atoms with van der Waals surface area (Å²) in [4.78, 5) is 20.8. The van der Waals surface area contributed by atoms with E-state index in [1.54, 1.807) is 11.4 Å². The first-order valence-electron chi connectivity index (χ1n) is 8.99. The molecule has 9 heteroatoms. The van der Waals surface area contributed by atoms with Gasteiger partial charge in [0, 0.05) is 30.2 Å². The molecule has 1 amide bonds. The van der Waals surface area contributed by atoms with Crippen LogP contribution >= 0.6 is 11.3 Å². The van der Waals surface area contributed by atoms with Crippen LogP contribution < -0.4 is 10.1 Å². The molecule has 0 unspecified atom stereocenters. The number of methoxy groups -OCH3 is 1. The maximum atomic E-state index is 13.5. The second kappa shape index (κ2) is 9.41. The highest BCUT2D eigenvalue weighted by Crippen LogP contribution is 2.32. The maximum Gasteiger partial charge on any atom is 0.226 e. The van der Waals surface area contributed by atoms with Crippen molar-refractivity contribution >= 4 is 22.4 Å². The van der Waals surface area contributed by atoms with E-state index < -0.39 is 0 Å². The van der Waals surface area contributed by atoms with Gasteiger partial charge < -0.3 is 14.6 Å². The van der Waals surface area contributed by atoms with E-state index in [2.05, 4.69) is 27.4 Å². The number of aryl methyl sites for hydroxylation is 2. The molecule has 28 heavy (non-hydrogen) atoms. The van der Waals surface area contributed by atoms with E-state index in [0.717, 1.165) is 12.8 Å². The lowest BCUT2D eigenvalue weighted by Gasteiger charge is -2.06. The van der Waals surface area contributed by atoms with E-state index in [0.29, 0.717) is 53.1 Å². The van der Waals surface area contributed by atoms with E-state index in [1.165, 1.54) is 30.6 Å². The molecule has 2 aromatic heterocycles. The van der Waals surface area contributed by atoms with Crippen LogP contribution in [0, 0.1) is 5.82 Å². The monoisotopic (exact) mass is 404 g/mol. The molecule has 0 bridgehead atoms. The third-order valence-electron chi connectivity index (χ3n) is 3.97. The zero-order valence-electron chi connectivity index (χ0n) is 15.7. The van der Waals surface area contributed by atoms with Crippen LogP contribution in [0.4, 0.5) is 9.52 Å². The predicted molar refractivity (Wildman–Crippen MR) is 104 cm³/mol. The quantitative estimate of drug-likeness (QED) is 0.573. The molecule has 0 aliphatic heterocycles. The van der Waals surface area contributed by atoms with Crippen molar-refractivity contribution in [3.63, 3.8) is 0 Å². The van der Waals surface area contributed by atoms with Crippen molar-refractivity contribution in [2.24, 2.45) is 0 Å². The predicted octanol–water partition coefficient (Wildman–Crippen LogP) is 4.25. The lowest BCUT2D eigenvalue weighted by Crippen LogP contribution is -2.11. The second-order valence-corrected chi connectivity index (χ2v) is 7.00. The Bertz CT molecular complexity index is 941. The maximum absolute atomic E-state index is 13.5. The van der Waals surface area contributed by atoms with Gasteiger partial charge in [0.25, 0.3) is 0 Å². The van der Waals surface area contributed by atoms with Crippen molar-refractivity contribution < 1.29 is 18.4 Å². The molecule has 0 aliphatic rings. The largest absolute Gasteiger partial charge is 0.496 e. The number of thiazole rings is 1. The summed E-state index contributed by atoms with van der Waals surface area (Å²) >= 11 is 1.27. The van der Waals surface area contributed by atoms with Gasteiger partial charge in [0.1, 0.15) is 11.6 Å². The summed E-state index contributed by atoms with van der Waals surface area (Å²) in [7, 11) is 1.51. The molecule has 0 saturated carbocycles. The highest BCUT2D eigenvalue weighted by molar-refractivity contribution is 7.14. The first-order valence-corrected chi connectivity index (χ1v) is 9.87. The molecule has 0 saturated heterocycles. The van der Waals surface area contributed by atoms with E-state index in [9.17, 15) is 9.18 Å². The van der Waals surface area contributed by atoms with Gasteiger partial charge in [0.15, 0.2) is 11.0 Å². The summed E-state index contributed by atoms with van der Waals surface area (Å²) in [5, 5.41) is 8.86. The van der Waals surface area contributed by atoms with Gasteiger partial charge in [-0.15, -0.1) is 11.3 Å². The summed E-state index contributed by atoms with van der Waals surface area (Å²) in [5.74, 6) is 1.24. The van der Waals surface area contributed by atoms with Crippen molar-refractivity contribution in [3.05, 3.63) is 41.1 Å². The highest BCUT2D eigenvalue weighted by atomic mass is 32.1. The van der Waals surface area contributed by atoms with Crippen LogP contribution in [0.5, 0.6) is 5.75 Å². The number of carbonyl (C=O) groups excluding carboxylic acids is 1. The van der Waals surface area contributed by atoms with Crippen LogP contribution in [-0.2, 0) is 17.6 Å². The van der Waals surface area contributed by atoms with Gasteiger partial charge in [-0.25, -0.2) is 9.37 Å². The second-order valence-electron chi connectivity index (χ2n) is 6.14. The third-order valence-corrected chi connectivity index (χ3v) is 4.72. The Kier molecular flexibility index (Phi) is 6.70. The van der Waals surface area contributed by atoms with Crippen LogP contribution in [0.15, 0.2) is 28.1 Å². The average Bonchev–Trinajstić information content (AvgIpc) is 3.32. The van der Waals surface area contributed by atoms with E-state index in [1.807, 2.05) is 0 Å². The van der Waals surface area contributed by atoms with E-state index in [4.69, 9.17) is 9.26 Å². The fourth-order valence-corrected chi connectivity index (χ4v) is 3.36. The summed E-state index contributed by atoms with van der Waals surface area (Å²) < 4.78 is 23.9. The Labute approximate surface area is 166 Å². The first kappa shape index (κ1) is 19.9. The molecular formula is C19H21FN4O3S. The number of halogens is 1. The number of carbonyl (C=O) groups is 1. The van der Waals surface area contributed by atoms with Crippen molar-refractivity contribution in [2.75, 3.05) is 12.4 Å². The molecule has 7 nitrogen and oxygen atoms in total. The minimum atomic E-state index is -0.377. The number of hydrogen-bond donors (Lipinski definition) is 1. The molecule has 3 rings (SSSR count). The van der Waals surface area contributed by atoms with Gasteiger partial charge in [0.2, 0.25) is 11.8 Å². The summed E-state index contributed by atoms with van der Waals surface area (Å²) in [6.07, 6.45) is 3.19. The number of rotatable bonds is 9. The Hall–Kier alpha value is -2.81. The summed E-state index contributed by atoms with van der Waals surface area (Å²) in [6, 6.07) is 4.23. The number of ether oxygens (including phenoxy) is 1. The molecule has 0 radical (unpaired) electrons. The van der Waals surface area contributed by atoms with Crippen molar-refractivity contribution in [1.29, 1.82) is 0 Å². The standard InChI is InChI=1S/C19H21FN4O3S/c1-3-5-16-22-18(27-24-16)7-4-6-17(25)23-19-21-14(11-28-19)13-10-12(20)8-9-15(13)26-2/h8-11H,3-7H2,1-2H3,(H,21,23,25). The molecule has 0 aliphatic carbocycles. The van der Waals surface area contributed by atoms with Crippen molar-refractivity contribution in [3.8, 4) is 17.0 Å². The number of nitrogens with one attached hydrogen (secondary N) is 1. The third kappa shape index (κ3) is 5.13. The molecular weight excluding hydrogens is 383 g/mol. The highest BCUT2D eigenvalue weighted by Gasteiger charge is 2.13. The Morgan fingerprint density at radius 3 is 2.96 bits per heavy atom. The van der Waals surface area contributed by atoms with Gasteiger partial charge in [0.05, 0.1) is 12.8 Å². The SMILES string of the molecule is CCCc1noc(CCCC(=O)Nc2nc(-c3cc(F)ccc3OC)cs2)n1. The minimum absolute atomic E-state index is 0.152. The fourth-order valence-electron chi connectivity index (χ4n) is 2.63. The molecule has 3 aromatic rings. The number of hydrogen-bond acceptors (Lipinski definition) is 7. The first-order chi connectivity index (χ1) is 13.6. The lowest BCUT2D eigenvalue weighted by atomic mass is 10.1. The number of benzene rings is 1. The molecule has 0 atom stereocenters. The topological polar surface area (TPSA) is 90.1 Å². The van der Waals surface area contributed by atoms with Crippen molar-refractivity contribution in [1.82, 2.24) is 15.1 Å². The van der Waals surface area contributed by atoms with Gasteiger partial charge in [-0.1, -0.05) is 12.1 Å².